The van der Waals surface area contributed by atoms with Crippen LogP contribution in [0.25, 0.3) is 5.70 Å². The van der Waals surface area contributed by atoms with Crippen molar-refractivity contribution >= 4 is 28.8 Å². The topological polar surface area (TPSA) is 61.8 Å². The summed E-state index contributed by atoms with van der Waals surface area (Å²) in [5, 5.41) is 8.89. The molecule has 0 aliphatic carbocycles. The number of amides is 1. The van der Waals surface area contributed by atoms with E-state index in [4.69, 9.17) is 0 Å². The third-order valence-corrected chi connectivity index (χ3v) is 4.08. The van der Waals surface area contributed by atoms with E-state index in [0.717, 1.165) is 16.8 Å². The Kier molecular flexibility index (Phi) is 4.48. The van der Waals surface area contributed by atoms with Crippen molar-refractivity contribution in [3.8, 4) is 0 Å². The molecule has 1 aliphatic heterocycles. The van der Waals surface area contributed by atoms with Gasteiger partial charge >= 0.3 is 0 Å². The Hall–Kier alpha value is -3.21. The molecule has 126 valence electrons. The van der Waals surface area contributed by atoms with E-state index >= 15 is 0 Å². The first-order chi connectivity index (χ1) is 12.0. The van der Waals surface area contributed by atoms with E-state index in [9.17, 15) is 9.59 Å². The van der Waals surface area contributed by atoms with Crippen molar-refractivity contribution in [2.75, 3.05) is 11.9 Å². The van der Waals surface area contributed by atoms with Gasteiger partial charge in [-0.3, -0.25) is 14.6 Å². The summed E-state index contributed by atoms with van der Waals surface area (Å²) in [5.41, 5.74) is 4.81. The number of nitrogens with zero attached hydrogens (tertiary/aromatic N) is 2. The van der Waals surface area contributed by atoms with Crippen LogP contribution >= 0.6 is 0 Å². The van der Waals surface area contributed by atoms with E-state index in [-0.39, 0.29) is 18.2 Å². The highest BCUT2D eigenvalue weighted by Gasteiger charge is 2.21. The summed E-state index contributed by atoms with van der Waals surface area (Å²) in [6, 6.07) is 14.7. The molecule has 1 heterocycles. The molecule has 2 aromatic rings. The number of hydrogen-bond donors (Lipinski definition) is 1. The molecule has 0 aromatic heterocycles. The molecule has 0 spiro atoms. The van der Waals surface area contributed by atoms with Crippen LogP contribution in [0.15, 0.2) is 60.2 Å². The number of nitrogens with one attached hydrogen (secondary N) is 1. The second-order valence-corrected chi connectivity index (χ2v) is 5.92. The molecule has 0 bridgehead atoms. The Morgan fingerprint density at radius 3 is 2.36 bits per heavy atom. The summed E-state index contributed by atoms with van der Waals surface area (Å²) < 4.78 is 0. The molecule has 25 heavy (non-hydrogen) atoms. The molecule has 0 unspecified atom stereocenters. The normalized spacial score (nSPS) is 13.1. The number of hydrazone groups is 1. The molecule has 3 rings (SSSR count). The highest BCUT2D eigenvalue weighted by molar-refractivity contribution is 6.05. The van der Waals surface area contributed by atoms with Crippen molar-refractivity contribution in [1.82, 2.24) is 5.01 Å². The minimum absolute atomic E-state index is 0.00836. The van der Waals surface area contributed by atoms with Gasteiger partial charge in [0.05, 0.1) is 11.4 Å². The minimum atomic E-state index is -0.201. The molecule has 0 saturated heterocycles. The molecule has 1 aliphatic rings. The highest BCUT2D eigenvalue weighted by Crippen LogP contribution is 2.27. The van der Waals surface area contributed by atoms with Crippen LogP contribution in [-0.4, -0.2) is 29.0 Å². The summed E-state index contributed by atoms with van der Waals surface area (Å²) in [6.45, 7) is 7.55. The molecule has 0 radical (unpaired) electrons. The smallest absolute Gasteiger partial charge is 0.246 e. The van der Waals surface area contributed by atoms with Crippen LogP contribution in [0.5, 0.6) is 0 Å². The second kappa shape index (κ2) is 6.73. The Morgan fingerprint density at radius 1 is 1.08 bits per heavy atom. The van der Waals surface area contributed by atoms with Crippen molar-refractivity contribution in [2.24, 2.45) is 5.10 Å². The average molecular weight is 333 g/mol. The number of carbonyl (C=O) groups excluding carboxylic acids is 2. The number of fused-ring (bicyclic) bond motifs is 1. The third kappa shape index (κ3) is 3.50. The van der Waals surface area contributed by atoms with Gasteiger partial charge in [0.1, 0.15) is 6.54 Å². The number of benzene rings is 2. The molecular weight excluding hydrogens is 314 g/mol. The van der Waals surface area contributed by atoms with Gasteiger partial charge < -0.3 is 5.32 Å². The summed E-state index contributed by atoms with van der Waals surface area (Å²) in [5.74, 6) is -0.210. The SMILES string of the molecule is C=C1c2ccccc2C(C)=NN1CC(=O)Nc1ccc(C(C)=O)cc1. The predicted octanol–water partition coefficient (Wildman–Crippen LogP) is 3.54. The molecule has 2 aromatic carbocycles. The van der Waals surface area contributed by atoms with Crippen LogP contribution in [0, 0.1) is 0 Å². The maximum atomic E-state index is 12.3. The molecule has 1 N–H and O–H groups in total. The molecule has 0 fully saturated rings. The third-order valence-electron chi connectivity index (χ3n) is 4.08. The van der Waals surface area contributed by atoms with Crippen molar-refractivity contribution in [3.05, 3.63) is 71.8 Å². The maximum Gasteiger partial charge on any atom is 0.246 e. The molecule has 0 atom stereocenters. The van der Waals surface area contributed by atoms with E-state index in [1.807, 2.05) is 31.2 Å². The summed E-state index contributed by atoms with van der Waals surface area (Å²) in [4.78, 5) is 23.6. The van der Waals surface area contributed by atoms with E-state index in [1.165, 1.54) is 6.92 Å². The molecule has 0 saturated carbocycles. The lowest BCUT2D eigenvalue weighted by Crippen LogP contribution is -2.31. The highest BCUT2D eigenvalue weighted by atomic mass is 16.2. The number of rotatable bonds is 4. The Balaban J connectivity index is 1.70. The van der Waals surface area contributed by atoms with Gasteiger partial charge in [-0.25, -0.2) is 0 Å². The van der Waals surface area contributed by atoms with E-state index < -0.39 is 0 Å². The zero-order valence-electron chi connectivity index (χ0n) is 14.2. The van der Waals surface area contributed by atoms with Crippen molar-refractivity contribution in [3.63, 3.8) is 0 Å². The number of anilines is 1. The molecule has 5 heteroatoms. The first kappa shape index (κ1) is 16.6. The number of Topliss-reactive ketones (excluding diaryl/α,β-unsaturated/α-hetero) is 1. The predicted molar refractivity (Wildman–Crippen MR) is 99.5 cm³/mol. The molecule has 5 nitrogen and oxygen atoms in total. The molecule has 1 amide bonds. The van der Waals surface area contributed by atoms with Crippen molar-refractivity contribution in [1.29, 1.82) is 0 Å². The van der Waals surface area contributed by atoms with Gasteiger partial charge in [-0.05, 0) is 38.1 Å². The van der Waals surface area contributed by atoms with Crippen molar-refractivity contribution < 1.29 is 9.59 Å². The summed E-state index contributed by atoms with van der Waals surface area (Å²) in [7, 11) is 0. The van der Waals surface area contributed by atoms with Crippen LogP contribution in [-0.2, 0) is 4.79 Å². The maximum absolute atomic E-state index is 12.3. The van der Waals surface area contributed by atoms with Gasteiger partial charge in [-0.1, -0.05) is 30.8 Å². The summed E-state index contributed by atoms with van der Waals surface area (Å²) >= 11 is 0. The first-order valence-electron chi connectivity index (χ1n) is 7.98. The fourth-order valence-corrected chi connectivity index (χ4v) is 2.74. The van der Waals surface area contributed by atoms with Gasteiger partial charge in [0.25, 0.3) is 0 Å². The van der Waals surface area contributed by atoms with Crippen LogP contribution in [0.1, 0.15) is 35.3 Å². The van der Waals surface area contributed by atoms with Gasteiger partial charge in [-0.2, -0.15) is 5.10 Å². The fourth-order valence-electron chi connectivity index (χ4n) is 2.74. The quantitative estimate of drug-likeness (QED) is 0.871. The lowest BCUT2D eigenvalue weighted by molar-refractivity contribution is -0.116. The van der Waals surface area contributed by atoms with Gasteiger partial charge in [-0.15, -0.1) is 0 Å². The number of carbonyl (C=O) groups is 2. The average Bonchev–Trinajstić information content (AvgIpc) is 2.60. The monoisotopic (exact) mass is 333 g/mol. The van der Waals surface area contributed by atoms with Gasteiger partial charge in [0.15, 0.2) is 5.78 Å². The van der Waals surface area contributed by atoms with Crippen molar-refractivity contribution in [2.45, 2.75) is 13.8 Å². The zero-order chi connectivity index (χ0) is 18.0. The lowest BCUT2D eigenvalue weighted by Gasteiger charge is -2.27. The Bertz CT molecular complexity index is 882. The van der Waals surface area contributed by atoms with E-state index in [2.05, 4.69) is 17.0 Å². The lowest BCUT2D eigenvalue weighted by atomic mass is 10.00. The van der Waals surface area contributed by atoms with Crippen LogP contribution in [0.4, 0.5) is 5.69 Å². The Morgan fingerprint density at radius 2 is 1.72 bits per heavy atom. The first-order valence-corrected chi connectivity index (χ1v) is 7.98. The van der Waals surface area contributed by atoms with Gasteiger partial charge in [0, 0.05) is 22.4 Å². The van der Waals surface area contributed by atoms with Crippen LogP contribution in [0.3, 0.4) is 0 Å². The summed E-state index contributed by atoms with van der Waals surface area (Å²) in [6.07, 6.45) is 0. The zero-order valence-corrected chi connectivity index (χ0v) is 14.2. The standard InChI is InChI=1S/C20H19N3O2/c1-13-18-6-4-5-7-19(18)14(2)23(22-13)12-20(25)21-17-10-8-16(9-11-17)15(3)24/h4-11H,2,12H2,1,3H3,(H,21,25). The van der Waals surface area contributed by atoms with E-state index in [1.54, 1.807) is 29.3 Å². The van der Waals surface area contributed by atoms with Gasteiger partial charge in [0.2, 0.25) is 5.91 Å². The number of hydrogen-bond acceptors (Lipinski definition) is 4. The fraction of sp³-hybridized carbons (Fsp3) is 0.150. The minimum Gasteiger partial charge on any atom is -0.324 e. The van der Waals surface area contributed by atoms with Crippen LogP contribution < -0.4 is 5.32 Å². The largest absolute Gasteiger partial charge is 0.324 e. The second-order valence-electron chi connectivity index (χ2n) is 5.92. The Labute approximate surface area is 146 Å². The van der Waals surface area contributed by atoms with Crippen LogP contribution in [0.2, 0.25) is 0 Å². The van der Waals surface area contributed by atoms with E-state index in [0.29, 0.717) is 16.9 Å². The number of ketones is 1. The molecular formula is C20H19N3O2.